The number of hydrogen-bond acceptors (Lipinski definition) is 6. The largest absolute Gasteiger partial charge is 0.480 e. The third-order valence-electron chi connectivity index (χ3n) is 4.30. The molecule has 3 aromatic rings. The molecule has 3 N–H and O–H groups in total. The molecule has 12 heteroatoms. The number of carbonyl (C=O) groups excluding carboxylic acids is 1. The van der Waals surface area contributed by atoms with Crippen molar-refractivity contribution in [1.82, 2.24) is 9.97 Å². The zero-order chi connectivity index (χ0) is 24.2. The summed E-state index contributed by atoms with van der Waals surface area (Å²) in [6.45, 7) is -0.681. The van der Waals surface area contributed by atoms with Gasteiger partial charge in [0, 0.05) is 16.8 Å². The average Bonchev–Trinajstić information content (AvgIpc) is 2.77. The number of carboxylic acids is 1. The lowest BCUT2D eigenvalue weighted by atomic mass is 10.1. The Balaban J connectivity index is 2.01. The second-order valence-corrected chi connectivity index (χ2v) is 7.09. The Kier molecular flexibility index (Phi) is 7.14. The summed E-state index contributed by atoms with van der Waals surface area (Å²) in [4.78, 5) is 32.8. The van der Waals surface area contributed by atoms with E-state index in [4.69, 9.17) is 27.2 Å². The number of halogens is 4. The zero-order valence-corrected chi connectivity index (χ0v) is 17.4. The topological polar surface area (TPSA) is 119 Å². The molecule has 1 heterocycles. The van der Waals surface area contributed by atoms with Gasteiger partial charge < -0.3 is 15.6 Å². The fourth-order valence-electron chi connectivity index (χ4n) is 2.66. The monoisotopic (exact) mass is 480 g/mol. The molecular weight excluding hydrogens is 465 g/mol. The van der Waals surface area contributed by atoms with Gasteiger partial charge in [0.1, 0.15) is 12.6 Å². The molecule has 1 unspecified atom stereocenters. The van der Waals surface area contributed by atoms with E-state index in [1.54, 1.807) is 30.3 Å². The number of ether oxygens (including phenoxy) is 1. The molecule has 0 aliphatic rings. The van der Waals surface area contributed by atoms with Crippen LogP contribution in [0, 0.1) is 0 Å². The highest BCUT2D eigenvalue weighted by molar-refractivity contribution is 6.30. The first kappa shape index (κ1) is 24.0. The van der Waals surface area contributed by atoms with Gasteiger partial charge >= 0.3 is 18.2 Å². The number of anilines is 2. The SMILES string of the molecule is NC(COC(=O)N(c1ccc(C(F)(F)F)cc1)c1nccc(-c2cccc(Cl)c2)n1)C(=O)O. The van der Waals surface area contributed by atoms with Gasteiger partial charge in [-0.1, -0.05) is 23.7 Å². The van der Waals surface area contributed by atoms with Crippen molar-refractivity contribution >= 4 is 35.3 Å². The molecule has 1 amide bonds. The number of amides is 1. The van der Waals surface area contributed by atoms with Crippen molar-refractivity contribution in [3.05, 3.63) is 71.4 Å². The maximum Gasteiger partial charge on any atom is 0.421 e. The van der Waals surface area contributed by atoms with Gasteiger partial charge in [-0.25, -0.2) is 19.7 Å². The van der Waals surface area contributed by atoms with Gasteiger partial charge in [0.05, 0.1) is 16.9 Å². The van der Waals surface area contributed by atoms with E-state index in [1.165, 1.54) is 6.20 Å². The van der Waals surface area contributed by atoms with Crippen molar-refractivity contribution in [2.75, 3.05) is 11.5 Å². The minimum atomic E-state index is -4.58. The third-order valence-corrected chi connectivity index (χ3v) is 4.54. The summed E-state index contributed by atoms with van der Waals surface area (Å²) in [7, 11) is 0. The average molecular weight is 481 g/mol. The van der Waals surface area contributed by atoms with Crippen LogP contribution in [0.5, 0.6) is 0 Å². The van der Waals surface area contributed by atoms with Crippen LogP contribution >= 0.6 is 11.6 Å². The van der Waals surface area contributed by atoms with E-state index in [-0.39, 0.29) is 11.6 Å². The molecule has 1 atom stereocenters. The first-order valence-corrected chi connectivity index (χ1v) is 9.65. The molecule has 1 aromatic heterocycles. The van der Waals surface area contributed by atoms with E-state index in [0.717, 1.165) is 29.2 Å². The van der Waals surface area contributed by atoms with Crippen LogP contribution in [0.4, 0.5) is 29.6 Å². The lowest BCUT2D eigenvalue weighted by Gasteiger charge is -2.22. The molecule has 3 rings (SSSR count). The molecule has 2 aromatic carbocycles. The minimum Gasteiger partial charge on any atom is -0.480 e. The van der Waals surface area contributed by atoms with Gasteiger partial charge in [-0.2, -0.15) is 13.2 Å². The Morgan fingerprint density at radius 2 is 1.85 bits per heavy atom. The van der Waals surface area contributed by atoms with E-state index < -0.39 is 36.5 Å². The maximum absolute atomic E-state index is 13.0. The third kappa shape index (κ3) is 5.96. The van der Waals surface area contributed by atoms with Gasteiger partial charge in [-0.15, -0.1) is 0 Å². The Bertz CT molecular complexity index is 1160. The van der Waals surface area contributed by atoms with E-state index in [9.17, 15) is 22.8 Å². The van der Waals surface area contributed by atoms with Gasteiger partial charge in [-0.05, 0) is 42.5 Å². The highest BCUT2D eigenvalue weighted by Crippen LogP contribution is 2.32. The molecule has 0 spiro atoms. The second-order valence-electron chi connectivity index (χ2n) is 6.65. The first-order chi connectivity index (χ1) is 15.6. The summed E-state index contributed by atoms with van der Waals surface area (Å²) in [6, 6.07) is 10.4. The van der Waals surface area contributed by atoms with Crippen LogP contribution < -0.4 is 10.6 Å². The Hall–Kier alpha value is -3.70. The lowest BCUT2D eigenvalue weighted by molar-refractivity contribution is -0.139. The summed E-state index contributed by atoms with van der Waals surface area (Å²) in [5.41, 5.74) is 5.36. The van der Waals surface area contributed by atoms with Crippen LogP contribution in [0.1, 0.15) is 5.56 Å². The highest BCUT2D eigenvalue weighted by Gasteiger charge is 2.31. The van der Waals surface area contributed by atoms with Crippen LogP contribution in [0.2, 0.25) is 5.02 Å². The van der Waals surface area contributed by atoms with Gasteiger partial charge in [0.15, 0.2) is 0 Å². The van der Waals surface area contributed by atoms with Crippen molar-refractivity contribution in [2.45, 2.75) is 12.2 Å². The number of carbonyl (C=O) groups is 2. The van der Waals surface area contributed by atoms with E-state index >= 15 is 0 Å². The number of nitrogens with two attached hydrogens (primary N) is 1. The fraction of sp³-hybridized carbons (Fsp3) is 0.143. The number of rotatable bonds is 6. The molecule has 8 nitrogen and oxygen atoms in total. The van der Waals surface area contributed by atoms with E-state index in [1.807, 2.05) is 0 Å². The van der Waals surface area contributed by atoms with E-state index in [2.05, 4.69) is 9.97 Å². The van der Waals surface area contributed by atoms with Gasteiger partial charge in [-0.3, -0.25) is 4.79 Å². The van der Waals surface area contributed by atoms with Crippen LogP contribution in [0.15, 0.2) is 60.8 Å². The zero-order valence-electron chi connectivity index (χ0n) is 16.7. The quantitative estimate of drug-likeness (QED) is 0.533. The number of carboxylic acid groups (broad SMARTS) is 1. The smallest absolute Gasteiger partial charge is 0.421 e. The summed E-state index contributed by atoms with van der Waals surface area (Å²) >= 11 is 6.01. The molecule has 0 bridgehead atoms. The minimum absolute atomic E-state index is 0.0415. The molecule has 33 heavy (non-hydrogen) atoms. The first-order valence-electron chi connectivity index (χ1n) is 9.28. The molecule has 0 aliphatic heterocycles. The fourth-order valence-corrected chi connectivity index (χ4v) is 2.85. The second kappa shape index (κ2) is 9.84. The van der Waals surface area contributed by atoms with Crippen LogP contribution in [-0.2, 0) is 15.7 Å². The van der Waals surface area contributed by atoms with Gasteiger partial charge in [0.25, 0.3) is 0 Å². The standard InChI is InChI=1S/C21H16ClF3N4O4/c22-14-3-1-2-12(10-14)17-8-9-27-19(28-17)29(20(32)33-11-16(26)18(30)31)15-6-4-13(5-7-15)21(23,24)25/h1-10,16H,11,26H2,(H,30,31). The number of alkyl halides is 3. The summed E-state index contributed by atoms with van der Waals surface area (Å²) in [6.07, 6.45) is -4.37. The van der Waals surface area contributed by atoms with Crippen molar-refractivity contribution in [2.24, 2.45) is 5.73 Å². The van der Waals surface area contributed by atoms with Crippen molar-refractivity contribution in [1.29, 1.82) is 0 Å². The molecule has 0 aliphatic carbocycles. The number of nitrogens with zero attached hydrogens (tertiary/aromatic N) is 3. The molecule has 0 saturated carbocycles. The Morgan fingerprint density at radius 1 is 1.15 bits per heavy atom. The number of benzene rings is 2. The van der Waals surface area contributed by atoms with E-state index in [0.29, 0.717) is 16.3 Å². The van der Waals surface area contributed by atoms with Crippen molar-refractivity contribution < 1.29 is 32.6 Å². The Morgan fingerprint density at radius 3 is 2.45 bits per heavy atom. The molecule has 0 fully saturated rings. The normalized spacial score (nSPS) is 12.2. The summed E-state index contributed by atoms with van der Waals surface area (Å²) in [5, 5.41) is 9.33. The summed E-state index contributed by atoms with van der Waals surface area (Å²) < 4.78 is 43.8. The number of aliphatic carboxylic acids is 1. The highest BCUT2D eigenvalue weighted by atomic mass is 35.5. The molecule has 0 saturated heterocycles. The van der Waals surface area contributed by atoms with Crippen LogP contribution in [-0.4, -0.2) is 39.8 Å². The molecular formula is C21H16ClF3N4O4. The van der Waals surface area contributed by atoms with Crippen molar-refractivity contribution in [3.63, 3.8) is 0 Å². The lowest BCUT2D eigenvalue weighted by Crippen LogP contribution is -2.38. The number of aromatic nitrogens is 2. The Labute approximate surface area is 190 Å². The molecule has 0 radical (unpaired) electrons. The van der Waals surface area contributed by atoms with Crippen LogP contribution in [0.3, 0.4) is 0 Å². The predicted molar refractivity (Wildman–Crippen MR) is 113 cm³/mol. The maximum atomic E-state index is 13.0. The van der Waals surface area contributed by atoms with Crippen molar-refractivity contribution in [3.8, 4) is 11.3 Å². The number of hydrogen-bond donors (Lipinski definition) is 2. The molecule has 172 valence electrons. The van der Waals surface area contributed by atoms with Crippen LogP contribution in [0.25, 0.3) is 11.3 Å². The van der Waals surface area contributed by atoms with Gasteiger partial charge in [0.2, 0.25) is 5.95 Å². The summed E-state index contributed by atoms with van der Waals surface area (Å²) in [5.74, 6) is -1.62. The predicted octanol–water partition coefficient (Wildman–Crippen LogP) is 4.50.